The maximum Gasteiger partial charge on any atom is 0.231 e. The monoisotopic (exact) mass is 288 g/mol. The molecule has 0 spiro atoms. The van der Waals surface area contributed by atoms with Gasteiger partial charge in [-0.3, -0.25) is 0 Å². The zero-order valence-electron chi connectivity index (χ0n) is 12.5. The van der Waals surface area contributed by atoms with E-state index in [4.69, 9.17) is 10.5 Å². The third-order valence-corrected chi connectivity index (χ3v) is 2.90. The molecule has 0 aliphatic heterocycles. The van der Waals surface area contributed by atoms with Crippen LogP contribution in [0.25, 0.3) is 0 Å². The van der Waals surface area contributed by atoms with Crippen molar-refractivity contribution < 1.29 is 4.74 Å². The van der Waals surface area contributed by atoms with Gasteiger partial charge < -0.3 is 20.7 Å². The lowest BCUT2D eigenvalue weighted by Gasteiger charge is -2.12. The normalized spacial score (nSPS) is 10.2. The minimum absolute atomic E-state index is 0.209. The van der Waals surface area contributed by atoms with Crippen LogP contribution in [0.4, 0.5) is 17.8 Å². The summed E-state index contributed by atoms with van der Waals surface area (Å²) in [7, 11) is 5.37. The lowest BCUT2D eigenvalue weighted by molar-refractivity contribution is 0.414. The maximum atomic E-state index is 5.67. The van der Waals surface area contributed by atoms with Crippen LogP contribution in [-0.4, -0.2) is 42.7 Å². The Kier molecular flexibility index (Phi) is 4.76. The molecule has 1 heterocycles. The number of aromatic nitrogens is 3. The molecular weight excluding hydrogens is 268 g/mol. The lowest BCUT2D eigenvalue weighted by Crippen LogP contribution is -2.17. The molecule has 0 saturated carbocycles. The van der Waals surface area contributed by atoms with Gasteiger partial charge in [-0.2, -0.15) is 15.0 Å². The molecule has 0 radical (unpaired) electrons. The van der Waals surface area contributed by atoms with Gasteiger partial charge in [-0.25, -0.2) is 0 Å². The Morgan fingerprint density at radius 1 is 1.14 bits per heavy atom. The molecule has 0 amide bonds. The van der Waals surface area contributed by atoms with E-state index in [2.05, 4.69) is 20.3 Å². The van der Waals surface area contributed by atoms with E-state index in [-0.39, 0.29) is 5.95 Å². The Morgan fingerprint density at radius 3 is 2.48 bits per heavy atom. The van der Waals surface area contributed by atoms with Crippen molar-refractivity contribution >= 4 is 17.8 Å². The van der Waals surface area contributed by atoms with Crippen molar-refractivity contribution in [1.29, 1.82) is 0 Å². The summed E-state index contributed by atoms with van der Waals surface area (Å²) >= 11 is 0. The number of benzene rings is 1. The Hall–Kier alpha value is -2.57. The fraction of sp³-hybridized carbons (Fsp3) is 0.357. The predicted octanol–water partition coefficient (Wildman–Crippen LogP) is 1.18. The van der Waals surface area contributed by atoms with E-state index in [9.17, 15) is 0 Å². The van der Waals surface area contributed by atoms with Crippen LogP contribution in [0.5, 0.6) is 5.75 Å². The van der Waals surface area contributed by atoms with Crippen LogP contribution >= 0.6 is 0 Å². The number of nitrogens with zero attached hydrogens (tertiary/aromatic N) is 4. The number of methoxy groups -OCH3 is 1. The van der Waals surface area contributed by atoms with Crippen LogP contribution in [-0.2, 0) is 6.42 Å². The van der Waals surface area contributed by atoms with E-state index >= 15 is 0 Å². The molecule has 2 aromatic rings. The van der Waals surface area contributed by atoms with E-state index in [1.54, 1.807) is 12.0 Å². The van der Waals surface area contributed by atoms with Crippen LogP contribution in [0.2, 0.25) is 0 Å². The summed E-state index contributed by atoms with van der Waals surface area (Å²) in [6.07, 6.45) is 0.854. The fourth-order valence-electron chi connectivity index (χ4n) is 1.77. The summed E-state index contributed by atoms with van der Waals surface area (Å²) in [5.41, 5.74) is 6.88. The van der Waals surface area contributed by atoms with Gasteiger partial charge in [0, 0.05) is 20.6 Å². The lowest BCUT2D eigenvalue weighted by atomic mass is 10.1. The Balaban J connectivity index is 1.93. The summed E-state index contributed by atoms with van der Waals surface area (Å²) < 4.78 is 5.13. The van der Waals surface area contributed by atoms with Gasteiger partial charge in [0.15, 0.2) is 0 Å². The van der Waals surface area contributed by atoms with E-state index in [1.165, 1.54) is 5.56 Å². The first-order chi connectivity index (χ1) is 10.1. The summed E-state index contributed by atoms with van der Waals surface area (Å²) in [4.78, 5) is 14.2. The second-order valence-corrected chi connectivity index (χ2v) is 4.74. The molecule has 0 bridgehead atoms. The smallest absolute Gasteiger partial charge is 0.231 e. The predicted molar refractivity (Wildman–Crippen MR) is 83.8 cm³/mol. The highest BCUT2D eigenvalue weighted by molar-refractivity contribution is 5.40. The molecule has 7 heteroatoms. The van der Waals surface area contributed by atoms with Crippen molar-refractivity contribution in [3.8, 4) is 5.75 Å². The first-order valence-corrected chi connectivity index (χ1v) is 6.64. The standard InChI is InChI=1S/C14H20N6O/c1-20(2)14-18-12(15)17-13(19-14)16-9-8-10-4-6-11(21-3)7-5-10/h4-7H,8-9H2,1-3H3,(H3,15,16,17,18,19). The van der Waals surface area contributed by atoms with Gasteiger partial charge in [0.2, 0.25) is 17.8 Å². The topological polar surface area (TPSA) is 89.2 Å². The van der Waals surface area contributed by atoms with Gasteiger partial charge in [-0.05, 0) is 24.1 Å². The molecule has 0 atom stereocenters. The van der Waals surface area contributed by atoms with Crippen LogP contribution in [0.15, 0.2) is 24.3 Å². The average Bonchev–Trinajstić information content (AvgIpc) is 2.47. The molecule has 1 aromatic heterocycles. The van der Waals surface area contributed by atoms with Crippen molar-refractivity contribution in [1.82, 2.24) is 15.0 Å². The molecule has 0 aliphatic rings. The van der Waals surface area contributed by atoms with Crippen LogP contribution in [0.3, 0.4) is 0 Å². The van der Waals surface area contributed by atoms with E-state index < -0.39 is 0 Å². The van der Waals surface area contributed by atoms with E-state index in [0.717, 1.165) is 12.2 Å². The van der Waals surface area contributed by atoms with Crippen LogP contribution in [0.1, 0.15) is 5.56 Å². The van der Waals surface area contributed by atoms with Gasteiger partial charge in [-0.1, -0.05) is 12.1 Å². The number of nitrogen functional groups attached to an aromatic ring is 1. The number of ether oxygens (including phenoxy) is 1. The largest absolute Gasteiger partial charge is 0.497 e. The van der Waals surface area contributed by atoms with Gasteiger partial charge in [0.25, 0.3) is 0 Å². The van der Waals surface area contributed by atoms with Crippen molar-refractivity contribution in [2.75, 3.05) is 43.7 Å². The highest BCUT2D eigenvalue weighted by Crippen LogP contribution is 2.12. The number of hydrogen-bond acceptors (Lipinski definition) is 7. The van der Waals surface area contributed by atoms with Gasteiger partial charge in [0.05, 0.1) is 7.11 Å². The summed E-state index contributed by atoms with van der Waals surface area (Å²) in [5.74, 6) is 2.09. The molecule has 2 rings (SSSR count). The molecule has 0 unspecified atom stereocenters. The number of nitrogens with one attached hydrogen (secondary N) is 1. The van der Waals surface area contributed by atoms with Gasteiger partial charge in [-0.15, -0.1) is 0 Å². The third kappa shape index (κ3) is 4.20. The average molecular weight is 288 g/mol. The van der Waals surface area contributed by atoms with Crippen molar-refractivity contribution in [3.05, 3.63) is 29.8 Å². The molecule has 0 aliphatic carbocycles. The minimum atomic E-state index is 0.209. The second-order valence-electron chi connectivity index (χ2n) is 4.74. The summed E-state index contributed by atoms with van der Waals surface area (Å²) in [6.45, 7) is 0.711. The highest BCUT2D eigenvalue weighted by atomic mass is 16.5. The van der Waals surface area contributed by atoms with Gasteiger partial charge in [0.1, 0.15) is 5.75 Å². The van der Waals surface area contributed by atoms with Crippen LogP contribution < -0.4 is 20.7 Å². The van der Waals surface area contributed by atoms with Crippen molar-refractivity contribution in [2.24, 2.45) is 0 Å². The zero-order valence-corrected chi connectivity index (χ0v) is 12.5. The molecule has 1 aromatic carbocycles. The molecule has 0 fully saturated rings. The Labute approximate surface area is 124 Å². The third-order valence-electron chi connectivity index (χ3n) is 2.90. The minimum Gasteiger partial charge on any atom is -0.497 e. The zero-order chi connectivity index (χ0) is 15.2. The van der Waals surface area contributed by atoms with E-state index in [1.807, 2.05) is 38.4 Å². The number of nitrogens with two attached hydrogens (primary N) is 1. The first-order valence-electron chi connectivity index (χ1n) is 6.64. The Morgan fingerprint density at radius 2 is 1.86 bits per heavy atom. The highest BCUT2D eigenvalue weighted by Gasteiger charge is 2.05. The SMILES string of the molecule is COc1ccc(CCNc2nc(N)nc(N(C)C)n2)cc1. The fourth-order valence-corrected chi connectivity index (χ4v) is 1.77. The second kappa shape index (κ2) is 6.74. The van der Waals surface area contributed by atoms with Crippen molar-refractivity contribution in [3.63, 3.8) is 0 Å². The van der Waals surface area contributed by atoms with Gasteiger partial charge >= 0.3 is 0 Å². The number of anilines is 3. The molecule has 7 nitrogen and oxygen atoms in total. The molecule has 21 heavy (non-hydrogen) atoms. The van der Waals surface area contributed by atoms with E-state index in [0.29, 0.717) is 18.4 Å². The van der Waals surface area contributed by atoms with Crippen LogP contribution in [0, 0.1) is 0 Å². The number of rotatable bonds is 6. The molecule has 3 N–H and O–H groups in total. The first kappa shape index (κ1) is 14.8. The molecule has 0 saturated heterocycles. The quantitative estimate of drug-likeness (QED) is 0.825. The van der Waals surface area contributed by atoms with Crippen molar-refractivity contribution in [2.45, 2.75) is 6.42 Å². The maximum absolute atomic E-state index is 5.67. The number of hydrogen-bond donors (Lipinski definition) is 2. The molecule has 112 valence electrons. The summed E-state index contributed by atoms with van der Waals surface area (Å²) in [6, 6.07) is 7.96. The Bertz CT molecular complexity index is 585. The molecular formula is C14H20N6O. The summed E-state index contributed by atoms with van der Waals surface area (Å²) in [5, 5.41) is 3.16.